The molecule has 2 heterocycles. The zero-order valence-corrected chi connectivity index (χ0v) is 20.8. The van der Waals surface area contributed by atoms with E-state index in [4.69, 9.17) is 14.2 Å². The summed E-state index contributed by atoms with van der Waals surface area (Å²) in [5, 5.41) is -0.894. The number of aromatic nitrogens is 1. The zero-order valence-electron chi connectivity index (χ0n) is 20.0. The molecule has 0 spiro atoms. The third-order valence-corrected chi connectivity index (χ3v) is 6.90. The molecule has 206 valence electrons. The van der Waals surface area contributed by atoms with Crippen LogP contribution >= 0.6 is 11.3 Å². The van der Waals surface area contributed by atoms with Crippen LogP contribution < -0.4 is 4.74 Å². The average Bonchev–Trinajstić information content (AvgIpc) is 3.32. The number of ether oxygens (including phenoxy) is 4. The quantitative estimate of drug-likeness (QED) is 0.175. The molecule has 39 heavy (non-hydrogen) atoms. The Morgan fingerprint density at radius 3 is 2.18 bits per heavy atom. The number of methoxy groups -OCH3 is 1. The van der Waals surface area contributed by atoms with Gasteiger partial charge in [0, 0.05) is 30.7 Å². The van der Waals surface area contributed by atoms with E-state index in [9.17, 15) is 22.0 Å². The maximum absolute atomic E-state index is 15.1. The Kier molecular flexibility index (Phi) is 7.51. The fourth-order valence-electron chi connectivity index (χ4n) is 4.06. The van der Waals surface area contributed by atoms with Gasteiger partial charge in [-0.15, -0.1) is 11.3 Å². The van der Waals surface area contributed by atoms with Gasteiger partial charge >= 0.3 is 6.11 Å². The molecule has 0 radical (unpaired) electrons. The normalized spacial score (nSPS) is 18.1. The third kappa shape index (κ3) is 5.57. The number of rotatable bonds is 7. The fourth-order valence-corrected chi connectivity index (χ4v) is 4.98. The van der Waals surface area contributed by atoms with E-state index in [0.717, 1.165) is 12.1 Å². The number of hydrogen-bond acceptors (Lipinski definition) is 6. The molecule has 13 heteroatoms. The van der Waals surface area contributed by atoms with Crippen LogP contribution in [-0.4, -0.2) is 31.9 Å². The monoisotopic (exact) mass is 573 g/mol. The Bertz CT molecular complexity index is 1480. The highest BCUT2D eigenvalue weighted by atomic mass is 32.1. The van der Waals surface area contributed by atoms with Gasteiger partial charge in [0.2, 0.25) is 5.01 Å². The first kappa shape index (κ1) is 27.3. The van der Waals surface area contributed by atoms with E-state index in [1.807, 2.05) is 0 Å². The summed E-state index contributed by atoms with van der Waals surface area (Å²) in [6.45, 7) is 0.984. The molecule has 0 atom stereocenters. The summed E-state index contributed by atoms with van der Waals surface area (Å²) < 4.78 is 120. The summed E-state index contributed by atoms with van der Waals surface area (Å²) >= 11 is 0.443. The van der Waals surface area contributed by atoms with Crippen molar-refractivity contribution in [2.24, 2.45) is 5.92 Å². The molecule has 3 aromatic carbocycles. The molecule has 4 aromatic rings. The topological polar surface area (TPSA) is 49.8 Å². The molecule has 1 aromatic heterocycles. The minimum atomic E-state index is -4.15. The molecule has 1 saturated heterocycles. The molecular weight excluding hydrogens is 555 g/mol. The first-order valence-corrected chi connectivity index (χ1v) is 12.2. The van der Waals surface area contributed by atoms with Gasteiger partial charge < -0.3 is 18.9 Å². The van der Waals surface area contributed by atoms with Crippen molar-refractivity contribution in [3.05, 3.63) is 82.1 Å². The Balaban J connectivity index is 1.39. The summed E-state index contributed by atoms with van der Waals surface area (Å²) in [5.41, 5.74) is -0.150. The number of benzene rings is 3. The largest absolute Gasteiger partial charge is 0.454 e. The smallest absolute Gasteiger partial charge is 0.427 e. The number of alkyl halides is 2. The third-order valence-electron chi connectivity index (χ3n) is 5.84. The predicted molar refractivity (Wildman–Crippen MR) is 126 cm³/mol. The van der Waals surface area contributed by atoms with Crippen LogP contribution in [0.2, 0.25) is 0 Å². The van der Waals surface area contributed by atoms with E-state index in [2.05, 4.69) is 9.72 Å². The van der Waals surface area contributed by atoms with Crippen LogP contribution in [0.15, 0.2) is 42.5 Å². The van der Waals surface area contributed by atoms with Crippen molar-refractivity contribution in [1.29, 1.82) is 0 Å². The van der Waals surface area contributed by atoms with E-state index in [0.29, 0.717) is 17.9 Å². The highest BCUT2D eigenvalue weighted by Gasteiger charge is 2.39. The molecule has 0 amide bonds. The van der Waals surface area contributed by atoms with Gasteiger partial charge in [-0.25, -0.2) is 26.9 Å². The van der Waals surface area contributed by atoms with Crippen molar-refractivity contribution in [3.63, 3.8) is 0 Å². The molecule has 0 unspecified atom stereocenters. The fraction of sp³-hybridized carbons (Fsp3) is 0.269. The van der Waals surface area contributed by atoms with Crippen molar-refractivity contribution in [3.8, 4) is 16.9 Å². The van der Waals surface area contributed by atoms with Crippen LogP contribution in [0, 0.1) is 35.0 Å². The van der Waals surface area contributed by atoms with E-state index >= 15 is 8.78 Å². The number of nitrogens with zero attached hydrogens (tertiary/aromatic N) is 1. The van der Waals surface area contributed by atoms with Gasteiger partial charge in [-0.05, 0) is 29.8 Å². The molecule has 0 N–H and O–H groups in total. The first-order valence-electron chi connectivity index (χ1n) is 11.4. The minimum absolute atomic E-state index is 0.00737. The van der Waals surface area contributed by atoms with Crippen LogP contribution in [0.3, 0.4) is 0 Å². The number of fused-ring (bicyclic) bond motifs is 1. The average molecular weight is 573 g/mol. The van der Waals surface area contributed by atoms with E-state index in [1.54, 1.807) is 0 Å². The molecule has 5 rings (SSSR count). The summed E-state index contributed by atoms with van der Waals surface area (Å²) in [6, 6.07) is 6.56. The van der Waals surface area contributed by atoms with Crippen molar-refractivity contribution in [2.75, 3.05) is 26.9 Å². The molecule has 0 aliphatic carbocycles. The lowest BCUT2D eigenvalue weighted by molar-refractivity contribution is -0.211. The molecule has 0 saturated carbocycles. The molecular formula is C26H18F7NO4S. The van der Waals surface area contributed by atoms with E-state index in [-0.39, 0.29) is 52.6 Å². The Labute approximate surface area is 220 Å². The Morgan fingerprint density at radius 2 is 1.56 bits per heavy atom. The van der Waals surface area contributed by atoms with Gasteiger partial charge in [0.15, 0.2) is 23.7 Å². The van der Waals surface area contributed by atoms with E-state index < -0.39 is 57.8 Å². The second-order valence-electron chi connectivity index (χ2n) is 8.70. The van der Waals surface area contributed by atoms with Gasteiger partial charge in [-0.1, -0.05) is 6.07 Å². The maximum Gasteiger partial charge on any atom is 0.454 e. The number of thiazole rings is 1. The van der Waals surface area contributed by atoms with Gasteiger partial charge in [-0.3, -0.25) is 0 Å². The SMILES string of the molecule is COCC1COC(c2cc(F)c(-c3ccc4nc(C(F)(F)Oc5cc(F)c(F)c(F)c5)sc4c3)c(F)c2)OC1. The highest BCUT2D eigenvalue weighted by molar-refractivity contribution is 7.18. The molecule has 1 aliphatic rings. The van der Waals surface area contributed by atoms with Crippen LogP contribution in [-0.2, 0) is 20.3 Å². The summed E-state index contributed by atoms with van der Waals surface area (Å²) in [5.74, 6) is -8.06. The van der Waals surface area contributed by atoms with Gasteiger partial charge in [0.1, 0.15) is 17.4 Å². The highest BCUT2D eigenvalue weighted by Crippen LogP contribution is 2.39. The van der Waals surface area contributed by atoms with Gasteiger partial charge in [0.25, 0.3) is 0 Å². The first-order chi connectivity index (χ1) is 18.6. The van der Waals surface area contributed by atoms with Crippen LogP contribution in [0.4, 0.5) is 30.7 Å². The predicted octanol–water partition coefficient (Wildman–Crippen LogP) is 7.10. The van der Waals surface area contributed by atoms with E-state index in [1.165, 1.54) is 25.3 Å². The van der Waals surface area contributed by atoms with Crippen LogP contribution in [0.5, 0.6) is 5.75 Å². The lowest BCUT2D eigenvalue weighted by Crippen LogP contribution is -2.30. The summed E-state index contributed by atoms with van der Waals surface area (Å²) in [4.78, 5) is 3.77. The van der Waals surface area contributed by atoms with Crippen molar-refractivity contribution >= 4 is 21.6 Å². The second kappa shape index (κ2) is 10.7. The molecule has 1 aliphatic heterocycles. The second-order valence-corrected chi connectivity index (χ2v) is 9.73. The van der Waals surface area contributed by atoms with Gasteiger partial charge in [0.05, 0.1) is 35.6 Å². The Hall–Kier alpha value is -3.26. The van der Waals surface area contributed by atoms with Crippen molar-refractivity contribution < 1.29 is 49.7 Å². The van der Waals surface area contributed by atoms with Crippen LogP contribution in [0.1, 0.15) is 16.9 Å². The number of halogens is 7. The van der Waals surface area contributed by atoms with Crippen LogP contribution in [0.25, 0.3) is 21.3 Å². The van der Waals surface area contributed by atoms with Crippen molar-refractivity contribution in [1.82, 2.24) is 4.98 Å². The summed E-state index contributed by atoms with van der Waals surface area (Å²) in [6.07, 6.45) is -5.12. The van der Waals surface area contributed by atoms with Crippen molar-refractivity contribution in [2.45, 2.75) is 12.4 Å². The minimum Gasteiger partial charge on any atom is -0.427 e. The lowest BCUT2D eigenvalue weighted by Gasteiger charge is -2.29. The summed E-state index contributed by atoms with van der Waals surface area (Å²) in [7, 11) is 1.54. The lowest BCUT2D eigenvalue weighted by atomic mass is 10.0. The molecule has 1 fully saturated rings. The maximum atomic E-state index is 15.1. The van der Waals surface area contributed by atoms with Gasteiger partial charge in [-0.2, -0.15) is 8.78 Å². The standard InChI is InChI=1S/C26H18F7NO4S/c1-35-9-12-10-36-24(37-11-12)14-4-16(27)22(17(28)5-14)13-2-3-20-21(6-13)39-25(34-20)26(32,33)38-15-7-18(29)23(31)19(30)8-15/h2-8,12,24H,9-11H2,1H3. The number of hydrogen-bond donors (Lipinski definition) is 0. The Morgan fingerprint density at radius 1 is 0.923 bits per heavy atom. The zero-order chi connectivity index (χ0) is 27.9. The molecule has 5 nitrogen and oxygen atoms in total. The molecule has 0 bridgehead atoms.